The Kier molecular flexibility index (Phi) is 2.02. The van der Waals surface area contributed by atoms with Gasteiger partial charge in [0.2, 0.25) is 0 Å². The van der Waals surface area contributed by atoms with Crippen LogP contribution in [0.4, 0.5) is 0 Å². The molecule has 2 heterocycles. The van der Waals surface area contributed by atoms with Crippen LogP contribution in [-0.4, -0.2) is 0 Å². The van der Waals surface area contributed by atoms with Gasteiger partial charge in [0.25, 0.3) is 0 Å². The van der Waals surface area contributed by atoms with Crippen molar-refractivity contribution in [3.8, 4) is 0 Å². The average molecular weight is 190 g/mol. The third kappa shape index (κ3) is 1.50. The summed E-state index contributed by atoms with van der Waals surface area (Å²) in [5, 5.41) is 0.793. The van der Waals surface area contributed by atoms with Crippen LogP contribution in [0, 0.1) is 0 Å². The lowest BCUT2D eigenvalue weighted by atomic mass is 10.2. The maximum absolute atomic E-state index is 11.2. The predicted molar refractivity (Wildman–Crippen MR) is 49.8 cm³/mol. The van der Waals surface area contributed by atoms with Gasteiger partial charge in [0.15, 0.2) is 0 Å². The number of rotatable bonds is 0. The van der Waals surface area contributed by atoms with Crippen molar-refractivity contribution in [2.45, 2.75) is 0 Å². The van der Waals surface area contributed by atoms with Gasteiger partial charge in [0, 0.05) is 0 Å². The second-order valence-electron chi connectivity index (χ2n) is 2.66. The molecule has 0 radical (unpaired) electrons. The van der Waals surface area contributed by atoms with E-state index in [1.807, 2.05) is 0 Å². The SMILES string of the molecule is O=c1occoc(=O)c2ccc1cc2. The van der Waals surface area contributed by atoms with E-state index in [1.165, 1.54) is 24.3 Å². The first-order valence-electron chi connectivity index (χ1n) is 3.94. The zero-order chi connectivity index (χ0) is 9.97. The predicted octanol–water partition coefficient (Wildman–Crippen LogP) is 1.31. The Bertz CT molecular complexity index is 518. The molecule has 0 saturated heterocycles. The monoisotopic (exact) mass is 190 g/mol. The molecule has 0 fully saturated rings. The Balaban J connectivity index is 3.01. The summed E-state index contributed by atoms with van der Waals surface area (Å²) in [6.45, 7) is 0. The van der Waals surface area contributed by atoms with E-state index in [4.69, 9.17) is 0 Å². The minimum absolute atomic E-state index is 0.396. The Morgan fingerprint density at radius 3 is 1.43 bits per heavy atom. The molecule has 4 heteroatoms. The van der Waals surface area contributed by atoms with Crippen LogP contribution in [-0.2, 0) is 0 Å². The summed E-state index contributed by atoms with van der Waals surface area (Å²) in [5.74, 6) is 0. The fourth-order valence-corrected chi connectivity index (χ4v) is 1.06. The fourth-order valence-electron chi connectivity index (χ4n) is 1.06. The number of hydrogen-bond donors (Lipinski definition) is 0. The zero-order valence-electron chi connectivity index (χ0n) is 7.10. The molecule has 0 unspecified atom stereocenters. The molecule has 2 aromatic heterocycles. The van der Waals surface area contributed by atoms with Gasteiger partial charge >= 0.3 is 11.3 Å². The lowest BCUT2D eigenvalue weighted by molar-refractivity contribution is 0.465. The van der Waals surface area contributed by atoms with Crippen LogP contribution in [0.15, 0.2) is 55.2 Å². The van der Waals surface area contributed by atoms with E-state index in [0.29, 0.717) is 10.8 Å². The van der Waals surface area contributed by atoms with Crippen LogP contribution >= 0.6 is 0 Å². The maximum atomic E-state index is 11.2. The van der Waals surface area contributed by atoms with Gasteiger partial charge in [0.05, 0.1) is 10.8 Å². The van der Waals surface area contributed by atoms with Gasteiger partial charge in [-0.15, -0.1) is 0 Å². The van der Waals surface area contributed by atoms with E-state index in [-0.39, 0.29) is 0 Å². The molecule has 3 rings (SSSR count). The van der Waals surface area contributed by atoms with Gasteiger partial charge < -0.3 is 8.83 Å². The summed E-state index contributed by atoms with van der Waals surface area (Å²) in [5.41, 5.74) is -0.962. The van der Waals surface area contributed by atoms with Crippen LogP contribution in [0.3, 0.4) is 0 Å². The standard InChI is InChI=1S/C10H6O4/c11-9-7-1-2-8(4-3-7)10(12)14-6-5-13-9/h1-6H. The van der Waals surface area contributed by atoms with Crippen molar-refractivity contribution in [2.75, 3.05) is 0 Å². The largest absolute Gasteiger partial charge is 0.428 e. The molecule has 0 amide bonds. The van der Waals surface area contributed by atoms with Gasteiger partial charge in [-0.2, -0.15) is 0 Å². The third-order valence-corrected chi connectivity index (χ3v) is 1.76. The molecule has 3 aromatic rings. The van der Waals surface area contributed by atoms with Crippen molar-refractivity contribution in [1.82, 2.24) is 0 Å². The molecule has 0 N–H and O–H groups in total. The van der Waals surface area contributed by atoms with Crippen molar-refractivity contribution in [2.24, 2.45) is 0 Å². The molecule has 2 bridgehead atoms. The fraction of sp³-hybridized carbons (Fsp3) is 0. The average Bonchev–Trinajstić information content (AvgIpc) is 2.23. The quantitative estimate of drug-likeness (QED) is 0.628. The van der Waals surface area contributed by atoms with Gasteiger partial charge in [-0.05, 0) is 24.3 Å². The zero-order valence-corrected chi connectivity index (χ0v) is 7.10. The summed E-state index contributed by atoms with van der Waals surface area (Å²) in [6, 6.07) is 6.05. The molecule has 0 aliphatic carbocycles. The summed E-state index contributed by atoms with van der Waals surface area (Å²) >= 11 is 0. The maximum Gasteiger partial charge on any atom is 0.343 e. The van der Waals surface area contributed by atoms with E-state index < -0.39 is 11.3 Å². The Morgan fingerprint density at radius 2 is 1.07 bits per heavy atom. The summed E-state index contributed by atoms with van der Waals surface area (Å²) < 4.78 is 9.30. The Morgan fingerprint density at radius 1 is 0.714 bits per heavy atom. The van der Waals surface area contributed by atoms with Crippen molar-refractivity contribution < 1.29 is 8.83 Å². The highest BCUT2D eigenvalue weighted by Crippen LogP contribution is 1.98. The highest BCUT2D eigenvalue weighted by molar-refractivity contribution is 5.60. The molecule has 0 aliphatic rings. The van der Waals surface area contributed by atoms with Crippen LogP contribution in [0.1, 0.15) is 0 Å². The molecule has 1 aromatic carbocycles. The minimum atomic E-state index is -0.481. The van der Waals surface area contributed by atoms with Crippen molar-refractivity contribution in [1.29, 1.82) is 0 Å². The molecule has 0 aliphatic heterocycles. The van der Waals surface area contributed by atoms with E-state index in [0.717, 1.165) is 12.5 Å². The van der Waals surface area contributed by atoms with Gasteiger partial charge in [-0.25, -0.2) is 9.59 Å². The van der Waals surface area contributed by atoms with Crippen LogP contribution in [0.25, 0.3) is 10.8 Å². The number of benzene rings is 1. The second-order valence-corrected chi connectivity index (χ2v) is 2.66. The topological polar surface area (TPSA) is 60.4 Å². The summed E-state index contributed by atoms with van der Waals surface area (Å²) in [7, 11) is 0. The normalized spacial score (nSPS) is 10.0. The number of fused-ring (bicyclic) bond motifs is 7. The Labute approximate surface area is 78.1 Å². The van der Waals surface area contributed by atoms with Gasteiger partial charge in [0.1, 0.15) is 12.5 Å². The lowest BCUT2D eigenvalue weighted by Gasteiger charge is -1.86. The molecule has 0 spiro atoms. The van der Waals surface area contributed by atoms with Crippen LogP contribution < -0.4 is 11.3 Å². The first-order chi connectivity index (χ1) is 6.77. The van der Waals surface area contributed by atoms with Gasteiger partial charge in [-0.3, -0.25) is 0 Å². The number of hydrogen-bond acceptors (Lipinski definition) is 4. The highest BCUT2D eigenvalue weighted by atomic mass is 16.4. The molecule has 0 atom stereocenters. The molecule has 4 nitrogen and oxygen atoms in total. The second kappa shape index (κ2) is 3.33. The summed E-state index contributed by atoms with van der Waals surface area (Å²) in [4.78, 5) is 22.4. The van der Waals surface area contributed by atoms with E-state index in [1.54, 1.807) is 0 Å². The summed E-state index contributed by atoms with van der Waals surface area (Å²) in [6.07, 6.45) is 2.08. The third-order valence-electron chi connectivity index (χ3n) is 1.76. The van der Waals surface area contributed by atoms with E-state index >= 15 is 0 Å². The van der Waals surface area contributed by atoms with Gasteiger partial charge in [-0.1, -0.05) is 0 Å². The Hall–Kier alpha value is -2.10. The first kappa shape index (κ1) is 8.50. The molecule has 0 saturated carbocycles. The van der Waals surface area contributed by atoms with E-state index in [2.05, 4.69) is 8.83 Å². The molecule has 14 heavy (non-hydrogen) atoms. The van der Waals surface area contributed by atoms with Crippen molar-refractivity contribution >= 4 is 10.8 Å². The molecule has 70 valence electrons. The van der Waals surface area contributed by atoms with Crippen LogP contribution in [0.5, 0.6) is 0 Å². The molecular weight excluding hydrogens is 184 g/mol. The smallest absolute Gasteiger partial charge is 0.343 e. The van der Waals surface area contributed by atoms with E-state index in [9.17, 15) is 9.59 Å². The van der Waals surface area contributed by atoms with Crippen LogP contribution in [0.2, 0.25) is 0 Å². The lowest BCUT2D eigenvalue weighted by Crippen LogP contribution is -1.98. The van der Waals surface area contributed by atoms with Crippen molar-refractivity contribution in [3.63, 3.8) is 0 Å². The van der Waals surface area contributed by atoms with Crippen molar-refractivity contribution in [3.05, 3.63) is 57.6 Å². The molecular formula is C10H6O4. The minimum Gasteiger partial charge on any atom is -0.428 e. The highest BCUT2D eigenvalue weighted by Gasteiger charge is 1.93. The first-order valence-corrected chi connectivity index (χ1v) is 3.94.